The normalized spacial score (nSPS) is 16.7. The van der Waals surface area contributed by atoms with Gasteiger partial charge in [0.05, 0.1) is 26.5 Å². The van der Waals surface area contributed by atoms with E-state index in [1.54, 1.807) is 6.20 Å². The van der Waals surface area contributed by atoms with Crippen molar-refractivity contribution in [2.75, 3.05) is 46.4 Å². The number of halogens is 4. The monoisotopic (exact) mass is 800 g/mol. The van der Waals surface area contributed by atoms with E-state index < -0.39 is 24.8 Å². The average molecular weight is 801 g/mol. The van der Waals surface area contributed by atoms with E-state index in [-0.39, 0.29) is 36.3 Å². The number of hydrogen-bond acceptors (Lipinski definition) is 10. The lowest BCUT2D eigenvalue weighted by Crippen LogP contribution is -2.45. The number of pyridine rings is 1. The molecule has 294 valence electrons. The van der Waals surface area contributed by atoms with E-state index in [4.69, 9.17) is 30.8 Å². The Morgan fingerprint density at radius 1 is 1.16 bits per heavy atom. The summed E-state index contributed by atoms with van der Waals surface area (Å²) in [7, 11) is 2.12. The van der Waals surface area contributed by atoms with Crippen LogP contribution in [-0.2, 0) is 22.7 Å². The number of ether oxygens (including phenoxy) is 3. The molecule has 1 atom stereocenters. The number of alkyl halides is 3. The zero-order chi connectivity index (χ0) is 39.3. The number of benzene rings is 1. The standard InChI is InChI=1S/C39H44ClF3N6O5S/c1-5-25(29(6-2)53-22-27-12-13-45-49(27)23-39(41,42)43)20-31(38(50)51)54-37-34-32(55-46-37)21-44-36(26-8-7-9-26)33(34)28-10-11-30(35(40)24(28)3)52-19-18-48-16-14-47(4)15-17-48/h5-6,10-13,21,26,31H,1-2,7-9,14-20,22-23H2,3-4H3,(H,50,51)/b29-25-/t31-/m1/s1. The third kappa shape index (κ3) is 9.51. The van der Waals surface area contributed by atoms with Crippen LogP contribution in [0.15, 0.2) is 67.2 Å². The van der Waals surface area contributed by atoms with Gasteiger partial charge in [-0.25, -0.2) is 4.79 Å². The Labute approximate surface area is 326 Å². The minimum absolute atomic E-state index is 0.133. The Bertz CT molecular complexity index is 2050. The van der Waals surface area contributed by atoms with Crippen LogP contribution < -0.4 is 9.47 Å². The van der Waals surface area contributed by atoms with Crippen LogP contribution >= 0.6 is 23.1 Å². The van der Waals surface area contributed by atoms with Crippen LogP contribution in [0.3, 0.4) is 0 Å². The zero-order valence-corrected chi connectivity index (χ0v) is 32.4. The molecule has 1 saturated heterocycles. The predicted octanol–water partition coefficient (Wildman–Crippen LogP) is 8.04. The molecule has 3 aromatic heterocycles. The molecule has 0 amide bonds. The summed E-state index contributed by atoms with van der Waals surface area (Å²) in [6, 6.07) is 5.24. The van der Waals surface area contributed by atoms with E-state index in [0.29, 0.717) is 33.0 Å². The molecule has 0 bridgehead atoms. The lowest BCUT2D eigenvalue weighted by atomic mass is 9.79. The van der Waals surface area contributed by atoms with Gasteiger partial charge in [-0.05, 0) is 73.3 Å². The number of aliphatic carboxylic acids is 1. The van der Waals surface area contributed by atoms with Crippen LogP contribution in [0.5, 0.6) is 11.6 Å². The van der Waals surface area contributed by atoms with E-state index in [1.165, 1.54) is 24.4 Å². The van der Waals surface area contributed by atoms with Gasteiger partial charge in [-0.3, -0.25) is 14.6 Å². The second kappa shape index (κ2) is 17.6. The van der Waals surface area contributed by atoms with Gasteiger partial charge in [-0.2, -0.15) is 22.6 Å². The number of aromatic nitrogens is 4. The molecule has 1 aromatic carbocycles. The maximum Gasteiger partial charge on any atom is 0.408 e. The van der Waals surface area contributed by atoms with Crippen LogP contribution in [0.2, 0.25) is 5.02 Å². The second-order valence-corrected chi connectivity index (χ2v) is 14.9. The summed E-state index contributed by atoms with van der Waals surface area (Å²) in [4.78, 5) is 22.3. The summed E-state index contributed by atoms with van der Waals surface area (Å²) in [5, 5.41) is 15.2. The Morgan fingerprint density at radius 2 is 1.93 bits per heavy atom. The van der Waals surface area contributed by atoms with Gasteiger partial charge in [-0.15, -0.1) is 0 Å². The minimum atomic E-state index is -4.47. The summed E-state index contributed by atoms with van der Waals surface area (Å²) < 4.78 is 63.5. The van der Waals surface area contributed by atoms with E-state index in [1.807, 2.05) is 19.1 Å². The van der Waals surface area contributed by atoms with Crippen LogP contribution in [-0.4, -0.2) is 98.7 Å². The highest BCUT2D eigenvalue weighted by atomic mass is 35.5. The van der Waals surface area contributed by atoms with Gasteiger partial charge in [0.15, 0.2) is 0 Å². The van der Waals surface area contributed by atoms with Gasteiger partial charge in [0.1, 0.15) is 31.3 Å². The Balaban J connectivity index is 1.27. The number of carbonyl (C=O) groups is 1. The first-order valence-corrected chi connectivity index (χ1v) is 19.2. The third-order valence-corrected chi connectivity index (χ3v) is 11.3. The molecule has 0 unspecified atom stereocenters. The molecule has 0 radical (unpaired) electrons. The van der Waals surface area contributed by atoms with Crippen molar-refractivity contribution in [1.29, 1.82) is 0 Å². The predicted molar refractivity (Wildman–Crippen MR) is 206 cm³/mol. The summed E-state index contributed by atoms with van der Waals surface area (Å²) >= 11 is 8.14. The number of allylic oxidation sites excluding steroid dienone is 2. The summed E-state index contributed by atoms with van der Waals surface area (Å²) in [6.07, 6.45) is 2.63. The Morgan fingerprint density at radius 3 is 2.58 bits per heavy atom. The maximum atomic E-state index is 13.0. The highest BCUT2D eigenvalue weighted by Crippen LogP contribution is 2.48. The summed E-state index contributed by atoms with van der Waals surface area (Å²) in [6.45, 7) is 13.3. The first kappa shape index (κ1) is 40.2. The zero-order valence-electron chi connectivity index (χ0n) is 30.8. The number of piperazine rings is 1. The molecule has 0 spiro atoms. The fourth-order valence-corrected chi connectivity index (χ4v) is 7.61. The quantitative estimate of drug-likeness (QED) is 0.0832. The largest absolute Gasteiger partial charge is 0.491 e. The van der Waals surface area contributed by atoms with E-state index in [9.17, 15) is 23.1 Å². The van der Waals surface area contributed by atoms with Crippen LogP contribution in [0.4, 0.5) is 13.2 Å². The average Bonchev–Trinajstić information content (AvgIpc) is 3.75. The molecular formula is C39H44ClF3N6O5S. The third-order valence-electron chi connectivity index (χ3n) is 10.1. The van der Waals surface area contributed by atoms with Gasteiger partial charge in [0, 0.05) is 63.0 Å². The summed E-state index contributed by atoms with van der Waals surface area (Å²) in [5.74, 6) is -0.202. The van der Waals surface area contributed by atoms with E-state index >= 15 is 0 Å². The van der Waals surface area contributed by atoms with Gasteiger partial charge in [-0.1, -0.05) is 43.3 Å². The highest BCUT2D eigenvalue weighted by molar-refractivity contribution is 7.13. The molecular weight excluding hydrogens is 757 g/mol. The van der Waals surface area contributed by atoms with Gasteiger partial charge < -0.3 is 24.2 Å². The SMILES string of the molecule is C=C/C(C[C@@H](Oc1nsc2cnc(C3CCC3)c(-c3ccc(OCCN4CCN(C)CC4)c(Cl)c3C)c12)C(=O)O)=C(\C=C)OCc1ccnn1CC(F)(F)F. The number of likely N-dealkylation sites (N-methyl/N-ethyl adjacent to an activating group) is 1. The number of carboxylic acid groups (broad SMARTS) is 1. The van der Waals surface area contributed by atoms with Gasteiger partial charge in [0.2, 0.25) is 12.0 Å². The number of nitrogens with zero attached hydrogens (tertiary/aromatic N) is 6. The Hall–Kier alpha value is -4.44. The van der Waals surface area contributed by atoms with Crippen molar-refractivity contribution in [3.8, 4) is 22.8 Å². The molecule has 1 saturated carbocycles. The number of carboxylic acids is 1. The molecule has 2 aliphatic rings. The van der Waals surface area contributed by atoms with Crippen molar-refractivity contribution in [2.45, 2.75) is 64.0 Å². The molecule has 55 heavy (non-hydrogen) atoms. The minimum Gasteiger partial charge on any atom is -0.491 e. The number of fused-ring (bicyclic) bond motifs is 1. The van der Waals surface area contributed by atoms with Gasteiger partial charge >= 0.3 is 12.1 Å². The fraction of sp³-hybridized carbons (Fsp3) is 0.436. The first-order chi connectivity index (χ1) is 26.4. The Kier molecular flexibility index (Phi) is 12.9. The van der Waals surface area contributed by atoms with Crippen molar-refractivity contribution in [2.24, 2.45) is 0 Å². The lowest BCUT2D eigenvalue weighted by Gasteiger charge is -2.32. The van der Waals surface area contributed by atoms with Gasteiger partial charge in [0.25, 0.3) is 0 Å². The van der Waals surface area contributed by atoms with Crippen molar-refractivity contribution >= 4 is 39.2 Å². The van der Waals surface area contributed by atoms with Crippen LogP contribution in [0, 0.1) is 6.92 Å². The second-order valence-electron chi connectivity index (χ2n) is 13.7. The molecule has 1 N–H and O–H groups in total. The smallest absolute Gasteiger partial charge is 0.408 e. The maximum absolute atomic E-state index is 13.0. The van der Waals surface area contributed by atoms with Crippen molar-refractivity contribution in [3.05, 3.63) is 89.2 Å². The number of hydrogen-bond donors (Lipinski definition) is 1. The van der Waals surface area contributed by atoms with Crippen molar-refractivity contribution in [3.63, 3.8) is 0 Å². The molecule has 6 rings (SSSR count). The lowest BCUT2D eigenvalue weighted by molar-refractivity contribution is -0.145. The van der Waals surface area contributed by atoms with Crippen molar-refractivity contribution in [1.82, 2.24) is 28.9 Å². The number of rotatable bonds is 17. The van der Waals surface area contributed by atoms with Crippen LogP contribution in [0.25, 0.3) is 21.2 Å². The fourth-order valence-electron chi connectivity index (χ4n) is 6.70. The first-order valence-electron chi connectivity index (χ1n) is 18.1. The van der Waals surface area contributed by atoms with Crippen molar-refractivity contribution < 1.29 is 37.3 Å². The topological polar surface area (TPSA) is 115 Å². The summed E-state index contributed by atoms with van der Waals surface area (Å²) in [5.41, 5.74) is 3.78. The molecule has 4 heterocycles. The molecule has 4 aromatic rings. The van der Waals surface area contributed by atoms with E-state index in [2.05, 4.69) is 39.5 Å². The van der Waals surface area contributed by atoms with Crippen LogP contribution in [0.1, 0.15) is 48.6 Å². The molecule has 11 nitrogen and oxygen atoms in total. The molecule has 2 fully saturated rings. The van der Waals surface area contributed by atoms with E-state index in [0.717, 1.165) is 90.6 Å². The highest BCUT2D eigenvalue weighted by Gasteiger charge is 2.32. The molecule has 1 aliphatic carbocycles. The molecule has 1 aliphatic heterocycles. The molecule has 16 heteroatoms.